The van der Waals surface area contributed by atoms with Crippen molar-refractivity contribution in [1.82, 2.24) is 5.32 Å². The molecule has 7 atom stereocenters. The van der Waals surface area contributed by atoms with Crippen LogP contribution in [0.2, 0.25) is 0 Å². The average molecular weight is 805 g/mol. The second-order valence-corrected chi connectivity index (χ2v) is 16.8. The van der Waals surface area contributed by atoms with Gasteiger partial charge in [0.05, 0.1) is 25.8 Å². The summed E-state index contributed by atoms with van der Waals surface area (Å²) in [5, 5.41) is 14.3. The first-order chi connectivity index (χ1) is 19.3. The SMILES string of the molecule is CC/C(=C\C(F)CC(F)(F)I)C1C=C(CNC(O)[C@@H]2C[C@@H](F)C3(CC3)C2=I(=O)CC2=CCC(F)C=C2)C=C=CC1C. The van der Waals surface area contributed by atoms with E-state index < -0.39 is 65.8 Å². The minimum absolute atomic E-state index is 0.0484. The molecule has 41 heavy (non-hydrogen) atoms. The summed E-state index contributed by atoms with van der Waals surface area (Å²) >= 11 is -2.11. The van der Waals surface area contributed by atoms with Gasteiger partial charge in [0.25, 0.3) is 3.93 Å². The van der Waals surface area contributed by atoms with Gasteiger partial charge in [0, 0.05) is 38.2 Å². The van der Waals surface area contributed by atoms with Crippen molar-refractivity contribution in [2.45, 2.75) is 81.0 Å². The molecule has 0 heterocycles. The monoisotopic (exact) mass is 805 g/mol. The molecule has 2 saturated carbocycles. The van der Waals surface area contributed by atoms with Gasteiger partial charge in [-0.25, -0.2) is 13.2 Å². The Kier molecular flexibility index (Phi) is 11.2. The third kappa shape index (κ3) is 8.42. The van der Waals surface area contributed by atoms with E-state index in [1.165, 1.54) is 12.2 Å². The van der Waals surface area contributed by atoms with Gasteiger partial charge in [-0.1, -0.05) is 49.8 Å². The van der Waals surface area contributed by atoms with Crippen molar-refractivity contribution in [1.29, 1.82) is 0 Å². The standard InChI is InChI=1S/C31H38F5I2NO2/c1-3-22(14-24(33)16-31(35,36)37)25-13-21(6-4-5-19(25)2)18-39-29(40)26-15-27(34)30(11-12-30)28(26)38(41)17-20-7-9-23(32)10-8-20/h5-9,13-14,19,23-27,29,39-40H,3,10-12,15-18H2,1-2H3/b22-14+/t19?,23?,24?,25?,26-,27-,29?/m1/s1. The number of aliphatic hydroxyl groups is 1. The van der Waals surface area contributed by atoms with E-state index in [0.29, 0.717) is 32.8 Å². The zero-order valence-electron chi connectivity index (χ0n) is 23.2. The Hall–Kier alpha value is -0.820. The lowest BCUT2D eigenvalue weighted by Crippen LogP contribution is -2.39. The fraction of sp³-hybridized carbons (Fsp3) is 0.613. The van der Waals surface area contributed by atoms with E-state index in [4.69, 9.17) is 0 Å². The Morgan fingerprint density at radius 3 is 2.68 bits per heavy atom. The second-order valence-electron chi connectivity index (χ2n) is 11.5. The maximum atomic E-state index is 15.2. The van der Waals surface area contributed by atoms with Crippen molar-refractivity contribution in [2.75, 3.05) is 11.0 Å². The van der Waals surface area contributed by atoms with E-state index in [-0.39, 0.29) is 31.2 Å². The van der Waals surface area contributed by atoms with Gasteiger partial charge < -0.3 is 5.11 Å². The Labute approximate surface area is 259 Å². The summed E-state index contributed by atoms with van der Waals surface area (Å²) in [6.07, 6.45) is 7.89. The first-order valence-electron chi connectivity index (χ1n) is 14.1. The molecule has 0 aromatic rings. The molecule has 2 fully saturated rings. The van der Waals surface area contributed by atoms with Crippen LogP contribution in [0.25, 0.3) is 0 Å². The topological polar surface area (TPSA) is 49.3 Å². The van der Waals surface area contributed by atoms with Gasteiger partial charge in [-0.3, -0.25) is 8.39 Å². The first kappa shape index (κ1) is 33.1. The molecule has 1 spiro atoms. The summed E-state index contributed by atoms with van der Waals surface area (Å²) < 4.78 is 81.4. The molecule has 0 radical (unpaired) electrons. The van der Waals surface area contributed by atoms with Gasteiger partial charge >= 0.3 is 0 Å². The van der Waals surface area contributed by atoms with Gasteiger partial charge in [-0.2, -0.15) is 8.78 Å². The number of aliphatic hydroxyl groups excluding tert-OH is 1. The van der Waals surface area contributed by atoms with Gasteiger partial charge in [0.1, 0.15) is 24.7 Å². The lowest BCUT2D eigenvalue weighted by atomic mass is 9.84. The smallest absolute Gasteiger partial charge is 0.299 e. The molecular weight excluding hydrogens is 767 g/mol. The number of nitrogens with one attached hydrogen (secondary N) is 1. The number of allylic oxidation sites excluding steroid dienone is 7. The van der Waals surface area contributed by atoms with Gasteiger partial charge in [0.2, 0.25) is 0 Å². The summed E-state index contributed by atoms with van der Waals surface area (Å²) in [6, 6.07) is 0. The molecule has 10 heteroatoms. The van der Waals surface area contributed by atoms with Gasteiger partial charge in [0.15, 0.2) is 0 Å². The molecule has 0 aromatic carbocycles. The highest BCUT2D eigenvalue weighted by Gasteiger charge is 2.62. The predicted molar refractivity (Wildman–Crippen MR) is 170 cm³/mol. The van der Waals surface area contributed by atoms with Crippen molar-refractivity contribution in [3.63, 3.8) is 0 Å². The summed E-state index contributed by atoms with van der Waals surface area (Å²) in [7, 11) is 0. The molecular formula is C31H38F5I2NO2. The maximum absolute atomic E-state index is 15.2. The van der Waals surface area contributed by atoms with Crippen molar-refractivity contribution >= 4 is 45.4 Å². The van der Waals surface area contributed by atoms with Crippen LogP contribution in [0.5, 0.6) is 0 Å². The molecule has 228 valence electrons. The molecule has 0 amide bonds. The lowest BCUT2D eigenvalue weighted by molar-refractivity contribution is 0.0931. The third-order valence-electron chi connectivity index (χ3n) is 8.42. The van der Waals surface area contributed by atoms with Crippen LogP contribution < -0.4 is 5.32 Å². The van der Waals surface area contributed by atoms with Crippen LogP contribution in [0.3, 0.4) is 0 Å². The number of halogens is 7. The van der Waals surface area contributed by atoms with Gasteiger partial charge in [-0.15, -0.1) is 5.73 Å². The second kappa shape index (κ2) is 13.9. The third-order valence-corrected chi connectivity index (χ3v) is 13.6. The van der Waals surface area contributed by atoms with Crippen molar-refractivity contribution in [3.05, 3.63) is 65.0 Å². The Bertz CT molecular complexity index is 1250. The maximum Gasteiger partial charge on any atom is 0.299 e. The Morgan fingerprint density at radius 1 is 1.34 bits per heavy atom. The van der Waals surface area contributed by atoms with Crippen molar-refractivity contribution < 1.29 is 30.1 Å². The van der Waals surface area contributed by atoms with E-state index in [9.17, 15) is 25.7 Å². The highest BCUT2D eigenvalue weighted by molar-refractivity contribution is 14.2. The fourth-order valence-corrected chi connectivity index (χ4v) is 11.8. The Balaban J connectivity index is 1.49. The lowest BCUT2D eigenvalue weighted by Gasteiger charge is -2.24. The highest BCUT2D eigenvalue weighted by atomic mass is 127. The number of hydrogen-bond acceptors (Lipinski definition) is 3. The van der Waals surface area contributed by atoms with Crippen LogP contribution in [-0.4, -0.2) is 48.3 Å². The summed E-state index contributed by atoms with van der Waals surface area (Å²) in [6.45, 7) is 4.04. The number of hydrogen-bond donors (Lipinski definition) is 2. The molecule has 3 nitrogen and oxygen atoms in total. The van der Waals surface area contributed by atoms with Crippen LogP contribution in [-0.2, 0) is 3.07 Å². The molecule has 4 aliphatic rings. The first-order valence-corrected chi connectivity index (χ1v) is 18.7. The average Bonchev–Trinajstić information content (AvgIpc) is 3.66. The molecule has 4 rings (SSSR count). The molecule has 0 aromatic heterocycles. The van der Waals surface area contributed by atoms with Crippen LogP contribution in [0.4, 0.5) is 22.0 Å². The normalized spacial score (nSPS) is 32.5. The van der Waals surface area contributed by atoms with E-state index in [0.717, 1.165) is 33.7 Å². The largest absolute Gasteiger partial charge is 0.378 e. The molecule has 5 unspecified atom stereocenters. The van der Waals surface area contributed by atoms with Crippen molar-refractivity contribution in [3.8, 4) is 0 Å². The van der Waals surface area contributed by atoms with E-state index in [1.54, 1.807) is 18.2 Å². The summed E-state index contributed by atoms with van der Waals surface area (Å²) in [4.78, 5) is 0. The van der Waals surface area contributed by atoms with E-state index >= 15 is 4.39 Å². The predicted octanol–water partition coefficient (Wildman–Crippen LogP) is 8.28. The van der Waals surface area contributed by atoms with Crippen LogP contribution in [0, 0.1) is 23.2 Å². The zero-order chi connectivity index (χ0) is 29.9. The van der Waals surface area contributed by atoms with Crippen LogP contribution in [0.15, 0.2) is 65.0 Å². The minimum Gasteiger partial charge on any atom is -0.378 e. The Morgan fingerprint density at radius 2 is 2.07 bits per heavy atom. The van der Waals surface area contributed by atoms with Crippen molar-refractivity contribution in [2.24, 2.45) is 23.2 Å². The molecule has 0 bridgehead atoms. The minimum atomic E-state index is -3.13. The van der Waals surface area contributed by atoms with E-state index in [1.807, 2.05) is 26.0 Å². The zero-order valence-corrected chi connectivity index (χ0v) is 27.6. The molecule has 2 N–H and O–H groups in total. The molecule has 0 aliphatic heterocycles. The van der Waals surface area contributed by atoms with Gasteiger partial charge in [-0.05, 0) is 77.5 Å². The quantitative estimate of drug-likeness (QED) is 0.0553. The van der Waals surface area contributed by atoms with Crippen LogP contribution in [0.1, 0.15) is 52.4 Å². The molecule has 0 saturated heterocycles. The number of rotatable bonds is 11. The summed E-state index contributed by atoms with van der Waals surface area (Å²) in [5.74, 6) is -0.862. The highest BCUT2D eigenvalue weighted by Crippen LogP contribution is 2.62. The van der Waals surface area contributed by atoms with E-state index in [2.05, 4.69) is 11.0 Å². The molecule has 4 aliphatic carbocycles. The number of alkyl halides is 7. The fourth-order valence-electron chi connectivity index (χ4n) is 6.08. The summed E-state index contributed by atoms with van der Waals surface area (Å²) in [5.41, 5.74) is 4.71. The van der Waals surface area contributed by atoms with Crippen LogP contribution >= 0.6 is 41.9 Å².